The van der Waals surface area contributed by atoms with Crippen molar-refractivity contribution in [1.82, 2.24) is 15.5 Å². The third kappa shape index (κ3) is 7.34. The van der Waals surface area contributed by atoms with Gasteiger partial charge in [-0.3, -0.25) is 9.59 Å². The molecule has 3 amide bonds. The van der Waals surface area contributed by atoms with Crippen molar-refractivity contribution < 1.29 is 33.7 Å². The van der Waals surface area contributed by atoms with Crippen LogP contribution in [0, 0.1) is 12.8 Å². The highest BCUT2D eigenvalue weighted by atomic mass is 32.2. The van der Waals surface area contributed by atoms with E-state index < -0.39 is 41.0 Å². The number of nitrogens with one attached hydrogen (secondary N) is 2. The SMILES string of the molecule is Cc1ccccc1CNC(=O)[C@H]1N(C(=O)[C@@H](O)[C@H](CCc2ccccc2)NC(=O)O[C@H]2CO[C@H]3OCC[C@H]32)CSC1(C)C. The highest BCUT2D eigenvalue weighted by molar-refractivity contribution is 8.00. The topological polar surface area (TPSA) is 126 Å². The van der Waals surface area contributed by atoms with Crippen LogP contribution >= 0.6 is 11.8 Å². The van der Waals surface area contributed by atoms with E-state index in [2.05, 4.69) is 10.6 Å². The average molecular weight is 612 g/mol. The predicted molar refractivity (Wildman–Crippen MR) is 162 cm³/mol. The summed E-state index contributed by atoms with van der Waals surface area (Å²) in [6, 6.07) is 15.7. The van der Waals surface area contributed by atoms with E-state index in [0.29, 0.717) is 19.6 Å². The van der Waals surface area contributed by atoms with Gasteiger partial charge in [0.05, 0.1) is 31.1 Å². The first-order chi connectivity index (χ1) is 20.6. The van der Waals surface area contributed by atoms with Gasteiger partial charge in [0.15, 0.2) is 12.4 Å². The number of carbonyl (C=O) groups is 3. The van der Waals surface area contributed by atoms with E-state index >= 15 is 0 Å². The van der Waals surface area contributed by atoms with Crippen LogP contribution in [0.15, 0.2) is 54.6 Å². The van der Waals surface area contributed by atoms with Crippen LogP contribution in [-0.4, -0.2) is 82.3 Å². The van der Waals surface area contributed by atoms with Crippen molar-refractivity contribution in [2.45, 2.75) is 81.9 Å². The lowest BCUT2D eigenvalue weighted by Crippen LogP contribution is -2.58. The average Bonchev–Trinajstić information content (AvgIpc) is 3.70. The van der Waals surface area contributed by atoms with E-state index in [4.69, 9.17) is 14.2 Å². The summed E-state index contributed by atoms with van der Waals surface area (Å²) in [6.07, 6.45) is -1.61. The first kappa shape index (κ1) is 31.3. The molecule has 43 heavy (non-hydrogen) atoms. The van der Waals surface area contributed by atoms with Crippen LogP contribution in [-0.2, 0) is 36.8 Å². The molecule has 3 aliphatic heterocycles. The first-order valence-corrected chi connectivity index (χ1v) is 15.8. The van der Waals surface area contributed by atoms with Gasteiger partial charge in [-0.05, 0) is 56.7 Å². The Morgan fingerprint density at radius 3 is 2.63 bits per heavy atom. The summed E-state index contributed by atoms with van der Waals surface area (Å²) >= 11 is 1.48. The third-order valence-electron chi connectivity index (χ3n) is 8.56. The molecule has 0 aliphatic carbocycles. The zero-order valence-corrected chi connectivity index (χ0v) is 25.7. The van der Waals surface area contributed by atoms with E-state index in [0.717, 1.165) is 23.1 Å². The fourth-order valence-corrected chi connectivity index (χ4v) is 7.13. The van der Waals surface area contributed by atoms with Gasteiger partial charge in [0.2, 0.25) is 5.91 Å². The quantitative estimate of drug-likeness (QED) is 0.374. The molecule has 3 aliphatic rings. The summed E-state index contributed by atoms with van der Waals surface area (Å²) in [4.78, 5) is 41.8. The van der Waals surface area contributed by atoms with Crippen molar-refractivity contribution in [2.75, 3.05) is 19.1 Å². The molecule has 0 unspecified atom stereocenters. The van der Waals surface area contributed by atoms with Gasteiger partial charge < -0.3 is 34.9 Å². The fourth-order valence-electron chi connectivity index (χ4n) is 5.99. The summed E-state index contributed by atoms with van der Waals surface area (Å²) in [5.41, 5.74) is 3.05. The number of alkyl carbamates (subject to hydrolysis) is 1. The van der Waals surface area contributed by atoms with Crippen LogP contribution in [0.3, 0.4) is 0 Å². The molecule has 2 aromatic carbocycles. The van der Waals surface area contributed by atoms with Crippen molar-refractivity contribution in [3.8, 4) is 0 Å². The maximum atomic E-state index is 13.9. The lowest BCUT2D eigenvalue weighted by Gasteiger charge is -2.33. The van der Waals surface area contributed by atoms with Gasteiger partial charge in [0.1, 0.15) is 12.1 Å². The molecule has 11 heteroatoms. The monoisotopic (exact) mass is 611 g/mol. The van der Waals surface area contributed by atoms with Crippen LogP contribution in [0.4, 0.5) is 4.79 Å². The Hall–Kier alpha value is -3.12. The molecule has 0 saturated carbocycles. The minimum absolute atomic E-state index is 0.0390. The number of hydrogen-bond donors (Lipinski definition) is 3. The maximum Gasteiger partial charge on any atom is 0.407 e. The predicted octanol–water partition coefficient (Wildman–Crippen LogP) is 3.14. The minimum atomic E-state index is -1.58. The number of nitrogens with zero attached hydrogens (tertiary/aromatic N) is 1. The number of thioether (sulfide) groups is 1. The minimum Gasteiger partial charge on any atom is -0.443 e. The summed E-state index contributed by atoms with van der Waals surface area (Å²) in [7, 11) is 0. The van der Waals surface area contributed by atoms with Gasteiger partial charge in [-0.15, -0.1) is 11.8 Å². The summed E-state index contributed by atoms with van der Waals surface area (Å²) < 4.78 is 16.2. The number of fused-ring (bicyclic) bond motifs is 1. The van der Waals surface area contributed by atoms with Gasteiger partial charge in [0.25, 0.3) is 5.91 Å². The van der Waals surface area contributed by atoms with Crippen LogP contribution in [0.5, 0.6) is 0 Å². The second-order valence-electron chi connectivity index (χ2n) is 11.9. The standard InChI is InChI=1S/C32H41N3O7S/c1-20-9-7-8-12-22(20)17-33-28(37)27-32(2,3)43-19-35(27)29(38)26(36)24(14-13-21-10-5-4-6-11-21)34-31(39)42-25-18-41-30-23(25)15-16-40-30/h4-12,23-27,30,36H,13-19H2,1-3H3,(H,33,37)(H,34,39)/t23-,24-,25-,26-,27+,30+/m0/s1. The van der Waals surface area contributed by atoms with Gasteiger partial charge >= 0.3 is 6.09 Å². The van der Waals surface area contributed by atoms with Gasteiger partial charge in [-0.2, -0.15) is 0 Å². The molecule has 5 rings (SSSR count). The Morgan fingerprint density at radius 1 is 1.12 bits per heavy atom. The number of ether oxygens (including phenoxy) is 3. The van der Waals surface area contributed by atoms with Gasteiger partial charge in [0, 0.05) is 11.3 Å². The zero-order chi connectivity index (χ0) is 30.6. The Morgan fingerprint density at radius 2 is 1.86 bits per heavy atom. The number of amides is 3. The normalized spacial score (nSPS) is 25.5. The highest BCUT2D eigenvalue weighted by Gasteiger charge is 2.50. The van der Waals surface area contributed by atoms with E-state index in [1.807, 2.05) is 75.4 Å². The van der Waals surface area contributed by atoms with Crippen molar-refractivity contribution in [1.29, 1.82) is 0 Å². The summed E-state index contributed by atoms with van der Waals surface area (Å²) in [5.74, 6) is -0.700. The van der Waals surface area contributed by atoms with Crippen molar-refractivity contribution in [3.05, 3.63) is 71.3 Å². The molecule has 0 spiro atoms. The second kappa shape index (κ2) is 13.7. The maximum absolute atomic E-state index is 13.9. The molecule has 0 bridgehead atoms. The Balaban J connectivity index is 1.28. The molecule has 0 radical (unpaired) electrons. The third-order valence-corrected chi connectivity index (χ3v) is 9.93. The molecular formula is C32H41N3O7S. The second-order valence-corrected chi connectivity index (χ2v) is 13.5. The molecular weight excluding hydrogens is 570 g/mol. The van der Waals surface area contributed by atoms with Crippen LogP contribution in [0.1, 0.15) is 43.4 Å². The van der Waals surface area contributed by atoms with E-state index in [1.165, 1.54) is 16.7 Å². The van der Waals surface area contributed by atoms with Crippen LogP contribution < -0.4 is 10.6 Å². The molecule has 3 saturated heterocycles. The number of benzene rings is 2. The van der Waals surface area contributed by atoms with Crippen molar-refractivity contribution in [2.24, 2.45) is 5.92 Å². The van der Waals surface area contributed by atoms with Gasteiger partial charge in [-0.25, -0.2) is 4.79 Å². The molecule has 0 aromatic heterocycles. The smallest absolute Gasteiger partial charge is 0.407 e. The number of rotatable bonds is 10. The van der Waals surface area contributed by atoms with Crippen molar-refractivity contribution in [3.63, 3.8) is 0 Å². The first-order valence-electron chi connectivity index (χ1n) is 14.8. The Kier molecular flexibility index (Phi) is 9.95. The lowest BCUT2D eigenvalue weighted by atomic mass is 9.97. The lowest BCUT2D eigenvalue weighted by molar-refractivity contribution is -0.147. The number of aryl methyl sites for hydroxylation is 2. The zero-order valence-electron chi connectivity index (χ0n) is 24.9. The van der Waals surface area contributed by atoms with Crippen LogP contribution in [0.25, 0.3) is 0 Å². The molecule has 3 N–H and O–H groups in total. The molecule has 10 nitrogen and oxygen atoms in total. The van der Waals surface area contributed by atoms with E-state index in [-0.39, 0.29) is 37.0 Å². The summed E-state index contributed by atoms with van der Waals surface area (Å²) in [5, 5.41) is 17.2. The summed E-state index contributed by atoms with van der Waals surface area (Å²) in [6.45, 7) is 6.93. The molecule has 232 valence electrons. The Bertz CT molecular complexity index is 1290. The van der Waals surface area contributed by atoms with E-state index in [1.54, 1.807) is 0 Å². The number of aliphatic hydroxyl groups is 1. The fraction of sp³-hybridized carbons (Fsp3) is 0.531. The molecule has 3 heterocycles. The van der Waals surface area contributed by atoms with Gasteiger partial charge in [-0.1, -0.05) is 54.6 Å². The molecule has 2 aromatic rings. The largest absolute Gasteiger partial charge is 0.443 e. The molecule has 3 fully saturated rings. The molecule has 6 atom stereocenters. The van der Waals surface area contributed by atoms with Crippen molar-refractivity contribution >= 4 is 29.7 Å². The highest BCUT2D eigenvalue weighted by Crippen LogP contribution is 2.40. The van der Waals surface area contributed by atoms with Crippen LogP contribution in [0.2, 0.25) is 0 Å². The Labute approximate surface area is 256 Å². The van der Waals surface area contributed by atoms with E-state index in [9.17, 15) is 19.5 Å². The number of aliphatic hydroxyl groups excluding tert-OH is 1. The number of hydrogen-bond acceptors (Lipinski definition) is 8. The number of carbonyl (C=O) groups excluding carboxylic acids is 3.